The van der Waals surface area contributed by atoms with Crippen LogP contribution >= 0.6 is 0 Å². The summed E-state index contributed by atoms with van der Waals surface area (Å²) in [4.78, 5) is 0. The molecular weight excluding hydrogens is 408 g/mol. The molecule has 2 atom stereocenters. The van der Waals surface area contributed by atoms with E-state index in [1.54, 1.807) is 7.11 Å². The molecule has 0 spiro atoms. The summed E-state index contributed by atoms with van der Waals surface area (Å²) in [7, 11) is 1.78. The van der Waals surface area contributed by atoms with Gasteiger partial charge in [-0.3, -0.25) is 0 Å². The molecule has 0 amide bonds. The molecule has 174 valence electrons. The topological polar surface area (TPSA) is 27.7 Å². The summed E-state index contributed by atoms with van der Waals surface area (Å²) in [6.45, 7) is 5.47. The van der Waals surface area contributed by atoms with E-state index in [-0.39, 0.29) is 6.10 Å². The molecule has 0 saturated carbocycles. The van der Waals surface area contributed by atoms with Crippen molar-refractivity contribution in [2.45, 2.75) is 52.4 Å². The summed E-state index contributed by atoms with van der Waals surface area (Å²) in [5.74, 6) is 1.96. The number of methoxy groups -OCH3 is 1. The van der Waals surface area contributed by atoms with Gasteiger partial charge < -0.3 is 14.2 Å². The first-order valence-electron chi connectivity index (χ1n) is 11.9. The van der Waals surface area contributed by atoms with Crippen molar-refractivity contribution in [3.8, 4) is 11.5 Å². The van der Waals surface area contributed by atoms with E-state index in [4.69, 9.17) is 14.2 Å². The van der Waals surface area contributed by atoms with Crippen LogP contribution in [0, 0.1) is 5.92 Å². The highest BCUT2D eigenvalue weighted by Gasteiger charge is 2.13. The maximum Gasteiger partial charge on any atom is 0.162 e. The zero-order valence-electron chi connectivity index (χ0n) is 20.1. The molecule has 0 aliphatic heterocycles. The van der Waals surface area contributed by atoms with E-state index >= 15 is 0 Å². The second-order valence-electron chi connectivity index (χ2n) is 8.43. The molecular formula is C30H36O3. The van der Waals surface area contributed by atoms with Crippen LogP contribution in [0.2, 0.25) is 0 Å². The predicted octanol–water partition coefficient (Wildman–Crippen LogP) is 7.70. The minimum atomic E-state index is 0.0965. The highest BCUT2D eigenvalue weighted by atomic mass is 16.5. The third kappa shape index (κ3) is 8.11. The molecule has 0 bridgehead atoms. The number of hydrogen-bond acceptors (Lipinski definition) is 3. The first kappa shape index (κ1) is 24.6. The van der Waals surface area contributed by atoms with E-state index in [0.717, 1.165) is 34.6 Å². The van der Waals surface area contributed by atoms with Gasteiger partial charge in [-0.1, -0.05) is 106 Å². The number of ether oxygens (including phenoxy) is 3. The molecule has 3 rings (SSSR count). The van der Waals surface area contributed by atoms with Gasteiger partial charge in [-0.25, -0.2) is 0 Å². The Kier molecular flexibility index (Phi) is 10.1. The van der Waals surface area contributed by atoms with Crippen molar-refractivity contribution in [3.05, 3.63) is 102 Å². The van der Waals surface area contributed by atoms with Gasteiger partial charge in [-0.05, 0) is 41.2 Å². The Bertz CT molecular complexity index is 966. The van der Waals surface area contributed by atoms with Crippen LogP contribution in [-0.2, 0) is 18.0 Å². The largest absolute Gasteiger partial charge is 0.485 e. The molecule has 0 aliphatic carbocycles. The van der Waals surface area contributed by atoms with Gasteiger partial charge in [0.15, 0.2) is 11.5 Å². The molecule has 0 fully saturated rings. The lowest BCUT2D eigenvalue weighted by Crippen LogP contribution is -2.17. The average Bonchev–Trinajstić information content (AvgIpc) is 2.87. The standard InChI is InChI=1S/C30H36O3/c1-4-5-12-24(2)28(31-3)19-17-25-18-20-29(32-22-26-13-8-6-9-14-26)30(21-25)33-23-27-15-10-7-11-16-27/h6-11,13-21,24,28H,4-5,12,22-23H2,1-3H3/b19-17+. The van der Waals surface area contributed by atoms with Crippen LogP contribution in [0.5, 0.6) is 11.5 Å². The summed E-state index contributed by atoms with van der Waals surface area (Å²) >= 11 is 0. The van der Waals surface area contributed by atoms with E-state index in [0.29, 0.717) is 19.1 Å². The Morgan fingerprint density at radius 1 is 0.788 bits per heavy atom. The Morgan fingerprint density at radius 3 is 1.97 bits per heavy atom. The van der Waals surface area contributed by atoms with E-state index < -0.39 is 0 Å². The van der Waals surface area contributed by atoms with Crippen LogP contribution in [0.25, 0.3) is 6.08 Å². The zero-order valence-corrected chi connectivity index (χ0v) is 20.1. The second kappa shape index (κ2) is 13.5. The summed E-state index contributed by atoms with van der Waals surface area (Å²) < 4.78 is 18.1. The molecule has 3 nitrogen and oxygen atoms in total. The zero-order chi connectivity index (χ0) is 23.3. The second-order valence-corrected chi connectivity index (χ2v) is 8.43. The minimum absolute atomic E-state index is 0.0965. The number of unbranched alkanes of at least 4 members (excludes halogenated alkanes) is 1. The quantitative estimate of drug-likeness (QED) is 0.270. The van der Waals surface area contributed by atoms with Gasteiger partial charge in [0, 0.05) is 7.11 Å². The Morgan fingerprint density at radius 2 is 1.39 bits per heavy atom. The molecule has 3 aromatic rings. The number of hydrogen-bond donors (Lipinski definition) is 0. The first-order chi connectivity index (χ1) is 16.2. The van der Waals surface area contributed by atoms with Gasteiger partial charge in [0.05, 0.1) is 6.10 Å². The first-order valence-corrected chi connectivity index (χ1v) is 11.9. The van der Waals surface area contributed by atoms with Crippen LogP contribution in [0.1, 0.15) is 49.8 Å². The summed E-state index contributed by atoms with van der Waals surface area (Å²) in [5.41, 5.74) is 3.31. The maximum absolute atomic E-state index is 6.20. The van der Waals surface area contributed by atoms with E-state index in [2.05, 4.69) is 56.3 Å². The molecule has 3 heteroatoms. The van der Waals surface area contributed by atoms with Gasteiger partial charge in [-0.2, -0.15) is 0 Å². The van der Waals surface area contributed by atoms with Crippen LogP contribution in [0.4, 0.5) is 0 Å². The smallest absolute Gasteiger partial charge is 0.162 e. The molecule has 3 aromatic carbocycles. The highest BCUT2D eigenvalue weighted by Crippen LogP contribution is 2.31. The van der Waals surface area contributed by atoms with E-state index in [1.165, 1.54) is 12.8 Å². The molecule has 0 heterocycles. The minimum Gasteiger partial charge on any atom is -0.485 e. The fraction of sp³-hybridized carbons (Fsp3) is 0.333. The summed E-state index contributed by atoms with van der Waals surface area (Å²) in [6.07, 6.45) is 7.96. The van der Waals surface area contributed by atoms with E-state index in [1.807, 2.05) is 48.5 Å². The van der Waals surface area contributed by atoms with Gasteiger partial charge in [0.1, 0.15) is 13.2 Å². The van der Waals surface area contributed by atoms with Crippen LogP contribution in [0.3, 0.4) is 0 Å². The maximum atomic E-state index is 6.20. The average molecular weight is 445 g/mol. The molecule has 0 saturated heterocycles. The Labute approximate surface area is 199 Å². The van der Waals surface area contributed by atoms with Crippen molar-refractivity contribution in [1.82, 2.24) is 0 Å². The third-order valence-corrected chi connectivity index (χ3v) is 5.77. The van der Waals surface area contributed by atoms with Crippen LogP contribution < -0.4 is 9.47 Å². The lowest BCUT2D eigenvalue weighted by atomic mass is 9.97. The van der Waals surface area contributed by atoms with E-state index in [9.17, 15) is 0 Å². The molecule has 0 aromatic heterocycles. The Hall–Kier alpha value is -3.04. The number of benzene rings is 3. The molecule has 33 heavy (non-hydrogen) atoms. The normalized spacial score (nSPS) is 13.1. The van der Waals surface area contributed by atoms with Gasteiger partial charge >= 0.3 is 0 Å². The fourth-order valence-electron chi connectivity index (χ4n) is 3.73. The fourth-order valence-corrected chi connectivity index (χ4v) is 3.73. The van der Waals surface area contributed by atoms with Crippen LogP contribution in [-0.4, -0.2) is 13.2 Å². The van der Waals surface area contributed by atoms with Crippen molar-refractivity contribution in [2.75, 3.05) is 7.11 Å². The summed E-state index contributed by atoms with van der Waals surface area (Å²) in [6, 6.07) is 26.5. The highest BCUT2D eigenvalue weighted by molar-refractivity contribution is 5.56. The van der Waals surface area contributed by atoms with Crippen molar-refractivity contribution >= 4 is 6.08 Å². The van der Waals surface area contributed by atoms with Crippen molar-refractivity contribution in [2.24, 2.45) is 5.92 Å². The lowest BCUT2D eigenvalue weighted by molar-refractivity contribution is 0.0925. The third-order valence-electron chi connectivity index (χ3n) is 5.77. The SMILES string of the molecule is CCCCC(C)C(/C=C/c1ccc(OCc2ccccc2)c(OCc2ccccc2)c1)OC. The molecule has 0 N–H and O–H groups in total. The molecule has 0 aliphatic rings. The monoisotopic (exact) mass is 444 g/mol. The van der Waals surface area contributed by atoms with Crippen molar-refractivity contribution < 1.29 is 14.2 Å². The van der Waals surface area contributed by atoms with Gasteiger partial charge in [0.2, 0.25) is 0 Å². The summed E-state index contributed by atoms with van der Waals surface area (Å²) in [5, 5.41) is 0. The lowest BCUT2D eigenvalue weighted by Gasteiger charge is -2.19. The van der Waals surface area contributed by atoms with Gasteiger partial charge in [0.25, 0.3) is 0 Å². The molecule has 0 radical (unpaired) electrons. The Balaban J connectivity index is 1.75. The predicted molar refractivity (Wildman–Crippen MR) is 137 cm³/mol. The van der Waals surface area contributed by atoms with Gasteiger partial charge in [-0.15, -0.1) is 0 Å². The van der Waals surface area contributed by atoms with Crippen LogP contribution in [0.15, 0.2) is 84.9 Å². The molecule has 2 unspecified atom stereocenters. The number of rotatable bonds is 13. The van der Waals surface area contributed by atoms with Crippen molar-refractivity contribution in [3.63, 3.8) is 0 Å². The van der Waals surface area contributed by atoms with Crippen molar-refractivity contribution in [1.29, 1.82) is 0 Å².